The highest BCUT2D eigenvalue weighted by atomic mass is 16.3. The molecule has 0 atom stereocenters. The molecule has 1 aliphatic rings. The van der Waals surface area contributed by atoms with E-state index in [-0.39, 0.29) is 0 Å². The third-order valence-electron chi connectivity index (χ3n) is 5.22. The van der Waals surface area contributed by atoms with Gasteiger partial charge in [0.25, 0.3) is 0 Å². The van der Waals surface area contributed by atoms with Crippen LogP contribution in [0, 0.1) is 5.92 Å². The van der Waals surface area contributed by atoms with Crippen molar-refractivity contribution in [3.05, 3.63) is 72.3 Å². The van der Waals surface area contributed by atoms with Crippen LogP contribution >= 0.6 is 0 Å². The molecule has 124 valence electrons. The van der Waals surface area contributed by atoms with Crippen LogP contribution in [-0.2, 0) is 0 Å². The molecule has 3 rings (SSSR count). The third kappa shape index (κ3) is 3.62. The maximum atomic E-state index is 9.65. The largest absolute Gasteiger partial charge is 0.508 e. The molecule has 0 radical (unpaired) electrons. The van der Waals surface area contributed by atoms with Crippen LogP contribution < -0.4 is 0 Å². The smallest absolute Gasteiger partial charge is 0.116 e. The molecule has 1 saturated carbocycles. The van der Waals surface area contributed by atoms with E-state index in [2.05, 4.69) is 37.8 Å². The highest BCUT2D eigenvalue weighted by Crippen LogP contribution is 2.35. The van der Waals surface area contributed by atoms with E-state index in [0.29, 0.717) is 11.7 Å². The first-order chi connectivity index (χ1) is 11.7. The molecule has 0 aliphatic heterocycles. The van der Waals surface area contributed by atoms with E-state index in [0.717, 1.165) is 11.1 Å². The molecule has 1 aliphatic carbocycles. The molecule has 24 heavy (non-hydrogen) atoms. The summed E-state index contributed by atoms with van der Waals surface area (Å²) in [7, 11) is 0. The van der Waals surface area contributed by atoms with Crippen molar-refractivity contribution in [2.75, 3.05) is 0 Å². The summed E-state index contributed by atoms with van der Waals surface area (Å²) in [5.41, 5.74) is 6.15. The standard InChI is InChI=1S/C23H26O/c1-3-23(17(2)18-8-5-4-6-9-18)20-14-12-19(13-15-20)21-10-7-11-22(24)16-21/h3,7,10-16,18,24H,1,4-6,8-9H2,2H3/b23-17-. The molecule has 0 bridgehead atoms. The predicted molar refractivity (Wildman–Crippen MR) is 103 cm³/mol. The highest BCUT2D eigenvalue weighted by molar-refractivity contribution is 5.78. The molecular formula is C23H26O. The van der Waals surface area contributed by atoms with Crippen LogP contribution in [0.3, 0.4) is 0 Å². The van der Waals surface area contributed by atoms with Gasteiger partial charge >= 0.3 is 0 Å². The molecule has 2 aromatic carbocycles. The maximum absolute atomic E-state index is 9.65. The van der Waals surface area contributed by atoms with Gasteiger partial charge in [0.05, 0.1) is 0 Å². The topological polar surface area (TPSA) is 20.2 Å². The Morgan fingerprint density at radius 3 is 2.33 bits per heavy atom. The van der Waals surface area contributed by atoms with E-state index in [4.69, 9.17) is 0 Å². The molecule has 0 heterocycles. The minimum atomic E-state index is 0.302. The van der Waals surface area contributed by atoms with Gasteiger partial charge in [0.2, 0.25) is 0 Å². The van der Waals surface area contributed by atoms with Gasteiger partial charge in [-0.2, -0.15) is 0 Å². The lowest BCUT2D eigenvalue weighted by molar-refractivity contribution is 0.404. The van der Waals surface area contributed by atoms with Crippen molar-refractivity contribution >= 4 is 5.57 Å². The Morgan fingerprint density at radius 2 is 1.71 bits per heavy atom. The second kappa shape index (κ2) is 7.53. The zero-order valence-electron chi connectivity index (χ0n) is 14.5. The number of benzene rings is 2. The first-order valence-corrected chi connectivity index (χ1v) is 8.92. The molecule has 1 N–H and O–H groups in total. The van der Waals surface area contributed by atoms with Crippen molar-refractivity contribution in [3.8, 4) is 16.9 Å². The SMILES string of the molecule is C=C/C(=C(\C)C1CCCCC1)c1ccc(-c2cccc(O)c2)cc1. The van der Waals surface area contributed by atoms with E-state index in [9.17, 15) is 5.11 Å². The number of phenolic OH excluding ortho intramolecular Hbond substituents is 1. The average Bonchev–Trinajstić information content (AvgIpc) is 2.63. The van der Waals surface area contributed by atoms with Crippen LogP contribution in [0.1, 0.15) is 44.6 Å². The fourth-order valence-corrected chi connectivity index (χ4v) is 3.79. The van der Waals surface area contributed by atoms with Gasteiger partial charge in [0.1, 0.15) is 5.75 Å². The molecule has 0 saturated heterocycles. The van der Waals surface area contributed by atoms with Crippen LogP contribution in [0.5, 0.6) is 5.75 Å². The van der Waals surface area contributed by atoms with Gasteiger partial charge in [0.15, 0.2) is 0 Å². The van der Waals surface area contributed by atoms with Gasteiger partial charge in [-0.25, -0.2) is 0 Å². The first-order valence-electron chi connectivity index (χ1n) is 8.92. The normalized spacial score (nSPS) is 16.5. The average molecular weight is 318 g/mol. The van der Waals surface area contributed by atoms with Crippen molar-refractivity contribution in [2.24, 2.45) is 5.92 Å². The molecule has 1 heteroatoms. The monoisotopic (exact) mass is 318 g/mol. The predicted octanol–water partition coefficient (Wildman–Crippen LogP) is 6.60. The molecule has 0 amide bonds. The highest BCUT2D eigenvalue weighted by Gasteiger charge is 2.17. The Kier molecular flexibility index (Phi) is 5.20. The number of hydrogen-bond acceptors (Lipinski definition) is 1. The maximum Gasteiger partial charge on any atom is 0.116 e. The number of rotatable bonds is 4. The van der Waals surface area contributed by atoms with Crippen molar-refractivity contribution < 1.29 is 5.11 Å². The van der Waals surface area contributed by atoms with Crippen LogP contribution in [0.25, 0.3) is 16.7 Å². The second-order valence-electron chi connectivity index (χ2n) is 6.76. The van der Waals surface area contributed by atoms with E-state index >= 15 is 0 Å². The number of allylic oxidation sites excluding steroid dienone is 3. The lowest BCUT2D eigenvalue weighted by Crippen LogP contribution is -2.08. The van der Waals surface area contributed by atoms with Gasteiger partial charge in [-0.1, -0.05) is 73.9 Å². The number of aromatic hydroxyl groups is 1. The molecule has 0 aromatic heterocycles. The lowest BCUT2D eigenvalue weighted by atomic mass is 9.81. The second-order valence-corrected chi connectivity index (χ2v) is 6.76. The van der Waals surface area contributed by atoms with Gasteiger partial charge < -0.3 is 5.11 Å². The Labute approximate surface area is 145 Å². The van der Waals surface area contributed by atoms with Crippen molar-refractivity contribution in [2.45, 2.75) is 39.0 Å². The minimum absolute atomic E-state index is 0.302. The van der Waals surface area contributed by atoms with Crippen LogP contribution in [0.4, 0.5) is 0 Å². The molecule has 0 unspecified atom stereocenters. The summed E-state index contributed by atoms with van der Waals surface area (Å²) in [6.07, 6.45) is 8.71. The van der Waals surface area contributed by atoms with Crippen LogP contribution in [-0.4, -0.2) is 5.11 Å². The zero-order valence-corrected chi connectivity index (χ0v) is 14.5. The summed E-state index contributed by atoms with van der Waals surface area (Å²) in [5.74, 6) is 1.01. The Balaban J connectivity index is 1.89. The van der Waals surface area contributed by atoms with Gasteiger partial charge in [0, 0.05) is 0 Å². The van der Waals surface area contributed by atoms with Crippen LogP contribution in [0.15, 0.2) is 66.8 Å². The summed E-state index contributed by atoms with van der Waals surface area (Å²) >= 11 is 0. The van der Waals surface area contributed by atoms with E-state index in [1.54, 1.807) is 12.1 Å². The fourth-order valence-electron chi connectivity index (χ4n) is 3.79. The number of phenols is 1. The Bertz CT molecular complexity index is 731. The zero-order chi connectivity index (χ0) is 16.9. The molecule has 2 aromatic rings. The fraction of sp³-hybridized carbons (Fsp3) is 0.304. The number of hydrogen-bond donors (Lipinski definition) is 1. The Morgan fingerprint density at radius 1 is 1.00 bits per heavy atom. The van der Waals surface area contributed by atoms with Crippen molar-refractivity contribution in [3.63, 3.8) is 0 Å². The lowest BCUT2D eigenvalue weighted by Gasteiger charge is -2.24. The summed E-state index contributed by atoms with van der Waals surface area (Å²) < 4.78 is 0. The quantitative estimate of drug-likeness (QED) is 0.630. The summed E-state index contributed by atoms with van der Waals surface area (Å²) in [4.78, 5) is 0. The van der Waals surface area contributed by atoms with Gasteiger partial charge in [-0.3, -0.25) is 0 Å². The Hall–Kier alpha value is -2.28. The minimum Gasteiger partial charge on any atom is -0.508 e. The van der Waals surface area contributed by atoms with Gasteiger partial charge in [-0.15, -0.1) is 0 Å². The van der Waals surface area contributed by atoms with E-state index in [1.165, 1.54) is 48.8 Å². The van der Waals surface area contributed by atoms with E-state index in [1.807, 2.05) is 18.2 Å². The van der Waals surface area contributed by atoms with Gasteiger partial charge in [-0.05, 0) is 60.1 Å². The summed E-state index contributed by atoms with van der Waals surface area (Å²) in [6, 6.07) is 16.0. The summed E-state index contributed by atoms with van der Waals surface area (Å²) in [5, 5.41) is 9.65. The van der Waals surface area contributed by atoms with Crippen molar-refractivity contribution in [1.29, 1.82) is 0 Å². The molecular weight excluding hydrogens is 292 g/mol. The first kappa shape index (κ1) is 16.6. The van der Waals surface area contributed by atoms with E-state index < -0.39 is 0 Å². The summed E-state index contributed by atoms with van der Waals surface area (Å²) in [6.45, 7) is 6.33. The molecule has 1 nitrogen and oxygen atoms in total. The molecule has 0 spiro atoms. The van der Waals surface area contributed by atoms with Crippen molar-refractivity contribution in [1.82, 2.24) is 0 Å². The molecule has 1 fully saturated rings. The van der Waals surface area contributed by atoms with Crippen LogP contribution in [0.2, 0.25) is 0 Å². The third-order valence-corrected chi connectivity index (χ3v) is 5.22.